The Kier molecular flexibility index (Phi) is 7.25. The molecule has 0 spiro atoms. The summed E-state index contributed by atoms with van der Waals surface area (Å²) in [5, 5.41) is 0. The van der Waals surface area contributed by atoms with Gasteiger partial charge in [-0.15, -0.1) is 0 Å². The summed E-state index contributed by atoms with van der Waals surface area (Å²) in [5.41, 5.74) is 1.28. The van der Waals surface area contributed by atoms with Gasteiger partial charge in [-0.2, -0.15) is 9.30 Å². The van der Waals surface area contributed by atoms with Crippen molar-refractivity contribution in [2.75, 3.05) is 19.7 Å². The Balaban J connectivity index is 1.64. The van der Waals surface area contributed by atoms with Crippen molar-refractivity contribution in [3.05, 3.63) is 52.8 Å². The van der Waals surface area contributed by atoms with Gasteiger partial charge in [0.2, 0.25) is 10.0 Å². The molecule has 0 saturated carbocycles. The molecule has 1 fully saturated rings. The lowest BCUT2D eigenvalue weighted by molar-refractivity contribution is 0.0997. The summed E-state index contributed by atoms with van der Waals surface area (Å²) in [6.45, 7) is 10.3. The number of thiazole rings is 1. The van der Waals surface area contributed by atoms with E-state index in [0.29, 0.717) is 48.4 Å². The van der Waals surface area contributed by atoms with Crippen LogP contribution in [-0.2, 0) is 16.6 Å². The molecule has 182 valence electrons. The zero-order valence-electron chi connectivity index (χ0n) is 20.0. The highest BCUT2D eigenvalue weighted by atomic mass is 32.2. The molecule has 2 atom stereocenters. The topological polar surface area (TPSA) is 81.0 Å². The highest BCUT2D eigenvalue weighted by molar-refractivity contribution is 7.89. The summed E-state index contributed by atoms with van der Waals surface area (Å²) in [6, 6.07) is 11.9. The molecule has 1 aliphatic heterocycles. The quantitative estimate of drug-likeness (QED) is 0.497. The van der Waals surface area contributed by atoms with E-state index in [-0.39, 0.29) is 4.90 Å². The van der Waals surface area contributed by atoms with E-state index in [0.717, 1.165) is 22.4 Å². The first-order valence-electron chi connectivity index (χ1n) is 11.7. The number of para-hydroxylation sites is 1. The Hall–Kier alpha value is -2.49. The summed E-state index contributed by atoms with van der Waals surface area (Å²) >= 11 is 1.43. The number of amides is 1. The van der Waals surface area contributed by atoms with Crippen LogP contribution >= 0.6 is 11.3 Å². The fourth-order valence-corrected chi connectivity index (χ4v) is 7.41. The average Bonchev–Trinajstić information content (AvgIpc) is 3.16. The predicted molar refractivity (Wildman–Crippen MR) is 135 cm³/mol. The third-order valence-electron chi connectivity index (χ3n) is 6.05. The molecule has 0 radical (unpaired) electrons. The van der Waals surface area contributed by atoms with Crippen LogP contribution in [0.1, 0.15) is 44.5 Å². The number of nitrogens with zero attached hydrogens (tertiary/aromatic N) is 3. The number of aromatic nitrogens is 1. The van der Waals surface area contributed by atoms with Gasteiger partial charge in [-0.3, -0.25) is 4.79 Å². The van der Waals surface area contributed by atoms with Crippen molar-refractivity contribution < 1.29 is 17.9 Å². The number of rotatable bonds is 6. The number of piperidine rings is 1. The second kappa shape index (κ2) is 10.0. The van der Waals surface area contributed by atoms with Gasteiger partial charge in [0.15, 0.2) is 4.80 Å². The molecule has 1 saturated heterocycles. The smallest absolute Gasteiger partial charge is 0.279 e. The molecule has 1 aromatic heterocycles. The average molecular weight is 502 g/mol. The Morgan fingerprint density at radius 2 is 1.76 bits per heavy atom. The third kappa shape index (κ3) is 4.82. The second-order valence-corrected chi connectivity index (χ2v) is 11.8. The molecule has 34 heavy (non-hydrogen) atoms. The Morgan fingerprint density at radius 1 is 1.09 bits per heavy atom. The number of hydrogen-bond acceptors (Lipinski definition) is 5. The fourth-order valence-electron chi connectivity index (χ4n) is 4.62. The first-order valence-corrected chi connectivity index (χ1v) is 13.9. The summed E-state index contributed by atoms with van der Waals surface area (Å²) in [4.78, 5) is 18.1. The van der Waals surface area contributed by atoms with E-state index in [1.54, 1.807) is 16.4 Å². The molecule has 2 aromatic carbocycles. The lowest BCUT2D eigenvalue weighted by Gasteiger charge is -2.34. The minimum atomic E-state index is -3.59. The van der Waals surface area contributed by atoms with Crippen LogP contribution in [0.4, 0.5) is 0 Å². The molecule has 0 N–H and O–H groups in total. The van der Waals surface area contributed by atoms with E-state index in [2.05, 4.69) is 18.8 Å². The van der Waals surface area contributed by atoms with Gasteiger partial charge in [0, 0.05) is 25.2 Å². The SMILES string of the molecule is CCOc1cccc2sc(=NC(=O)c3ccc(S(=O)(=O)N4C[C@H](C)C[C@@H](C)C4)cc3)n(CC)c12. The predicted octanol–water partition coefficient (Wildman–Crippen LogP) is 4.53. The summed E-state index contributed by atoms with van der Waals surface area (Å²) in [6.07, 6.45) is 1.03. The summed E-state index contributed by atoms with van der Waals surface area (Å²) in [7, 11) is -3.59. The molecule has 7 nitrogen and oxygen atoms in total. The molecule has 9 heteroatoms. The van der Waals surface area contributed by atoms with E-state index < -0.39 is 15.9 Å². The van der Waals surface area contributed by atoms with Crippen LogP contribution in [0.15, 0.2) is 52.4 Å². The van der Waals surface area contributed by atoms with Crippen LogP contribution in [0.5, 0.6) is 5.75 Å². The van der Waals surface area contributed by atoms with Gasteiger partial charge in [0.1, 0.15) is 11.3 Å². The Bertz CT molecular complexity index is 1350. The lowest BCUT2D eigenvalue weighted by Crippen LogP contribution is -2.42. The molecular weight excluding hydrogens is 470 g/mol. The number of sulfonamides is 1. The molecule has 4 rings (SSSR count). The fraction of sp³-hybridized carbons (Fsp3) is 0.440. The van der Waals surface area contributed by atoms with E-state index in [1.165, 1.54) is 23.5 Å². The van der Waals surface area contributed by atoms with Crippen LogP contribution in [0.25, 0.3) is 10.2 Å². The number of carbonyl (C=O) groups is 1. The molecule has 0 aliphatic carbocycles. The Labute approximate surface area is 204 Å². The van der Waals surface area contributed by atoms with Crippen molar-refractivity contribution >= 4 is 37.5 Å². The standard InChI is InChI=1S/C25H31N3O4S2/c1-5-28-23-21(32-6-2)8-7-9-22(23)33-25(28)26-24(29)19-10-12-20(13-11-19)34(30,31)27-15-17(3)14-18(4)16-27/h7-13,17-18H,5-6,14-16H2,1-4H3/t17-,18-/m1/s1. The number of hydrogen-bond donors (Lipinski definition) is 0. The highest BCUT2D eigenvalue weighted by Crippen LogP contribution is 2.28. The van der Waals surface area contributed by atoms with Gasteiger partial charge in [-0.25, -0.2) is 8.42 Å². The summed E-state index contributed by atoms with van der Waals surface area (Å²) in [5.74, 6) is 1.01. The minimum absolute atomic E-state index is 0.206. The zero-order valence-corrected chi connectivity index (χ0v) is 21.7. The maximum absolute atomic E-state index is 13.1. The normalized spacial score (nSPS) is 20.1. The maximum Gasteiger partial charge on any atom is 0.279 e. The van der Waals surface area contributed by atoms with Gasteiger partial charge < -0.3 is 9.30 Å². The molecule has 2 heterocycles. The van der Waals surface area contributed by atoms with Crippen molar-refractivity contribution in [2.45, 2.75) is 45.6 Å². The first kappa shape index (κ1) is 24.6. The van der Waals surface area contributed by atoms with Crippen molar-refractivity contribution in [3.63, 3.8) is 0 Å². The van der Waals surface area contributed by atoms with Crippen molar-refractivity contribution in [1.29, 1.82) is 0 Å². The number of ether oxygens (including phenoxy) is 1. The highest BCUT2D eigenvalue weighted by Gasteiger charge is 2.31. The molecule has 0 unspecified atom stereocenters. The van der Waals surface area contributed by atoms with Crippen LogP contribution < -0.4 is 9.54 Å². The Morgan fingerprint density at radius 3 is 2.38 bits per heavy atom. The van der Waals surface area contributed by atoms with E-state index in [4.69, 9.17) is 4.74 Å². The van der Waals surface area contributed by atoms with Crippen molar-refractivity contribution in [2.24, 2.45) is 16.8 Å². The number of carbonyl (C=O) groups excluding carboxylic acids is 1. The van der Waals surface area contributed by atoms with Gasteiger partial charge in [-0.1, -0.05) is 31.3 Å². The second-order valence-electron chi connectivity index (χ2n) is 8.87. The van der Waals surface area contributed by atoms with Gasteiger partial charge in [-0.05, 0) is 68.5 Å². The molecule has 0 bridgehead atoms. The maximum atomic E-state index is 13.1. The van der Waals surface area contributed by atoms with Crippen LogP contribution in [0, 0.1) is 11.8 Å². The lowest BCUT2D eigenvalue weighted by atomic mass is 9.94. The van der Waals surface area contributed by atoms with E-state index >= 15 is 0 Å². The van der Waals surface area contributed by atoms with Crippen LogP contribution in [-0.4, -0.2) is 42.9 Å². The third-order valence-corrected chi connectivity index (χ3v) is 8.94. The minimum Gasteiger partial charge on any atom is -0.492 e. The van der Waals surface area contributed by atoms with Gasteiger partial charge in [0.05, 0.1) is 16.2 Å². The van der Waals surface area contributed by atoms with Gasteiger partial charge >= 0.3 is 0 Å². The molecule has 3 aromatic rings. The van der Waals surface area contributed by atoms with Crippen LogP contribution in [0.2, 0.25) is 0 Å². The zero-order chi connectivity index (χ0) is 24.5. The molecular formula is C25H31N3O4S2. The largest absolute Gasteiger partial charge is 0.492 e. The van der Waals surface area contributed by atoms with Crippen molar-refractivity contribution in [3.8, 4) is 5.75 Å². The van der Waals surface area contributed by atoms with Crippen molar-refractivity contribution in [1.82, 2.24) is 8.87 Å². The van der Waals surface area contributed by atoms with Gasteiger partial charge in [0.25, 0.3) is 5.91 Å². The molecule has 1 amide bonds. The molecule has 1 aliphatic rings. The van der Waals surface area contributed by atoms with Crippen LogP contribution in [0.3, 0.4) is 0 Å². The monoisotopic (exact) mass is 501 g/mol. The number of aryl methyl sites for hydroxylation is 1. The number of benzene rings is 2. The summed E-state index contributed by atoms with van der Waals surface area (Å²) < 4.78 is 36.5. The van der Waals surface area contributed by atoms with E-state index in [1.807, 2.05) is 36.6 Å². The first-order chi connectivity index (χ1) is 16.2. The number of fused-ring (bicyclic) bond motifs is 1. The van der Waals surface area contributed by atoms with E-state index in [9.17, 15) is 13.2 Å².